The average Bonchev–Trinajstić information content (AvgIpc) is 2.69. The van der Waals surface area contributed by atoms with Gasteiger partial charge in [0.25, 0.3) is 0 Å². The number of hydrogen-bond donors (Lipinski definition) is 0. The lowest BCUT2D eigenvalue weighted by atomic mass is 9.88. The molecular formula is C29H51Cl. The number of alkyl halides is 1. The van der Waals surface area contributed by atoms with Crippen molar-refractivity contribution in [2.75, 3.05) is 0 Å². The molecule has 0 heterocycles. The van der Waals surface area contributed by atoms with Gasteiger partial charge in [-0.05, 0) is 62.8 Å². The van der Waals surface area contributed by atoms with E-state index < -0.39 is 0 Å². The Morgan fingerprint density at radius 2 is 1.03 bits per heavy atom. The second kappa shape index (κ2) is 16.2. The van der Waals surface area contributed by atoms with Crippen LogP contribution in [0.1, 0.15) is 146 Å². The van der Waals surface area contributed by atoms with Crippen molar-refractivity contribution in [2.45, 2.75) is 149 Å². The van der Waals surface area contributed by atoms with Crippen LogP contribution in [0, 0.1) is 13.8 Å². The van der Waals surface area contributed by atoms with Crippen molar-refractivity contribution in [3.63, 3.8) is 0 Å². The molecule has 0 saturated heterocycles. The molecule has 0 aliphatic heterocycles. The highest BCUT2D eigenvalue weighted by molar-refractivity contribution is 6.23. The van der Waals surface area contributed by atoms with Gasteiger partial charge in [-0.3, -0.25) is 0 Å². The summed E-state index contributed by atoms with van der Waals surface area (Å²) in [6, 6.07) is 4.48. The average molecular weight is 435 g/mol. The molecule has 0 nitrogen and oxygen atoms in total. The molecule has 0 amide bonds. The fraction of sp³-hybridized carbons (Fsp3) is 0.793. The summed E-state index contributed by atoms with van der Waals surface area (Å²) < 4.78 is 0. The Kier molecular flexibility index (Phi) is 14.9. The Hall–Kier alpha value is -0.490. The second-order valence-electron chi connectivity index (χ2n) is 10.1. The molecule has 0 aliphatic rings. The van der Waals surface area contributed by atoms with Crippen LogP contribution in [-0.2, 0) is 11.3 Å². The number of unbranched alkanes of at least 4 members (excludes halogenated alkanes) is 15. The third kappa shape index (κ3) is 11.8. The van der Waals surface area contributed by atoms with Crippen molar-refractivity contribution >= 4 is 11.6 Å². The zero-order chi connectivity index (χ0) is 22.2. The molecule has 174 valence electrons. The van der Waals surface area contributed by atoms with E-state index in [1.165, 1.54) is 131 Å². The Bertz CT molecular complexity index is 552. The van der Waals surface area contributed by atoms with E-state index in [1.807, 2.05) is 0 Å². The normalized spacial score (nSPS) is 11.9. The molecule has 0 N–H and O–H groups in total. The van der Waals surface area contributed by atoms with E-state index in [0.29, 0.717) is 0 Å². The molecule has 1 aromatic carbocycles. The zero-order valence-electron chi connectivity index (χ0n) is 21.1. The lowest BCUT2D eigenvalue weighted by Gasteiger charge is -2.23. The van der Waals surface area contributed by atoms with Gasteiger partial charge in [0.05, 0.1) is 4.87 Å². The number of aryl methyl sites for hydroxylation is 1. The number of rotatable bonds is 18. The predicted molar refractivity (Wildman–Crippen MR) is 138 cm³/mol. The molecule has 1 aromatic rings. The fourth-order valence-electron chi connectivity index (χ4n) is 4.60. The van der Waals surface area contributed by atoms with Crippen LogP contribution in [0.15, 0.2) is 12.1 Å². The lowest BCUT2D eigenvalue weighted by molar-refractivity contribution is 0.529. The molecule has 0 radical (unpaired) electrons. The van der Waals surface area contributed by atoms with Crippen molar-refractivity contribution in [3.05, 3.63) is 34.4 Å². The summed E-state index contributed by atoms with van der Waals surface area (Å²) in [6.45, 7) is 11.0. The highest BCUT2D eigenvalue weighted by Crippen LogP contribution is 2.34. The van der Waals surface area contributed by atoms with Gasteiger partial charge in [0, 0.05) is 0 Å². The van der Waals surface area contributed by atoms with Gasteiger partial charge >= 0.3 is 0 Å². The van der Waals surface area contributed by atoms with E-state index in [1.54, 1.807) is 0 Å². The van der Waals surface area contributed by atoms with Gasteiger partial charge < -0.3 is 0 Å². The quantitative estimate of drug-likeness (QED) is 0.159. The van der Waals surface area contributed by atoms with Crippen LogP contribution in [-0.4, -0.2) is 0 Å². The van der Waals surface area contributed by atoms with E-state index in [9.17, 15) is 0 Å². The Morgan fingerprint density at radius 1 is 0.633 bits per heavy atom. The first-order chi connectivity index (χ1) is 14.4. The Labute approximate surface area is 194 Å². The largest absolute Gasteiger partial charge is 0.115 e. The molecule has 0 atom stereocenters. The Morgan fingerprint density at radius 3 is 1.43 bits per heavy atom. The topological polar surface area (TPSA) is 0 Å². The summed E-state index contributed by atoms with van der Waals surface area (Å²) >= 11 is 6.66. The third-order valence-electron chi connectivity index (χ3n) is 6.79. The highest BCUT2D eigenvalue weighted by Gasteiger charge is 2.21. The summed E-state index contributed by atoms with van der Waals surface area (Å²) in [4.78, 5) is -0.275. The minimum Gasteiger partial charge on any atom is -0.115 e. The first-order valence-corrected chi connectivity index (χ1v) is 13.5. The van der Waals surface area contributed by atoms with Gasteiger partial charge in [-0.1, -0.05) is 115 Å². The summed E-state index contributed by atoms with van der Waals surface area (Å²) in [5.41, 5.74) is 5.67. The van der Waals surface area contributed by atoms with Crippen LogP contribution >= 0.6 is 11.6 Å². The van der Waals surface area contributed by atoms with Gasteiger partial charge in [-0.15, -0.1) is 11.6 Å². The van der Waals surface area contributed by atoms with Gasteiger partial charge in [0.1, 0.15) is 0 Å². The van der Waals surface area contributed by atoms with E-state index in [0.717, 1.165) is 0 Å². The maximum atomic E-state index is 6.66. The fourth-order valence-corrected chi connectivity index (χ4v) is 4.78. The van der Waals surface area contributed by atoms with Gasteiger partial charge in [-0.2, -0.15) is 0 Å². The van der Waals surface area contributed by atoms with Crippen molar-refractivity contribution in [1.29, 1.82) is 0 Å². The summed E-state index contributed by atoms with van der Waals surface area (Å²) in [5, 5.41) is 0. The molecule has 0 fully saturated rings. The maximum absolute atomic E-state index is 6.66. The van der Waals surface area contributed by atoms with E-state index in [-0.39, 0.29) is 4.87 Å². The molecular weight excluding hydrogens is 384 g/mol. The van der Waals surface area contributed by atoms with Crippen LogP contribution in [0.3, 0.4) is 0 Å². The number of hydrogen-bond acceptors (Lipinski definition) is 0. The first-order valence-electron chi connectivity index (χ1n) is 13.2. The SMILES string of the molecule is CCCCCCCCCCCCCCCCCCc1c(C(C)(C)Cl)ccc(C)c1C. The van der Waals surface area contributed by atoms with Gasteiger partial charge in [0.15, 0.2) is 0 Å². The van der Waals surface area contributed by atoms with Gasteiger partial charge in [-0.25, -0.2) is 0 Å². The zero-order valence-corrected chi connectivity index (χ0v) is 21.8. The summed E-state index contributed by atoms with van der Waals surface area (Å²) in [5.74, 6) is 0. The molecule has 0 spiro atoms. The van der Waals surface area contributed by atoms with Crippen molar-refractivity contribution in [3.8, 4) is 0 Å². The third-order valence-corrected chi connectivity index (χ3v) is 6.99. The van der Waals surface area contributed by atoms with Gasteiger partial charge in [0.2, 0.25) is 0 Å². The standard InChI is InChI=1S/C29H51Cl/c1-6-7-8-9-10-11-12-13-14-15-16-17-18-19-20-21-22-27-26(3)25(2)23-24-28(27)29(4,5)30/h23-24H,6-22H2,1-5H3. The molecule has 1 heteroatoms. The van der Waals surface area contributed by atoms with E-state index in [2.05, 4.69) is 46.8 Å². The predicted octanol–water partition coefficient (Wildman–Crippen LogP) is 10.6. The first kappa shape index (κ1) is 27.5. The van der Waals surface area contributed by atoms with Crippen LogP contribution in [0.25, 0.3) is 0 Å². The van der Waals surface area contributed by atoms with E-state index in [4.69, 9.17) is 11.6 Å². The molecule has 0 bridgehead atoms. The van der Waals surface area contributed by atoms with Crippen molar-refractivity contribution < 1.29 is 0 Å². The van der Waals surface area contributed by atoms with Crippen LogP contribution in [0.4, 0.5) is 0 Å². The molecule has 0 saturated carbocycles. The smallest absolute Gasteiger partial charge is 0.0641 e. The van der Waals surface area contributed by atoms with Crippen LogP contribution < -0.4 is 0 Å². The molecule has 1 rings (SSSR count). The number of benzene rings is 1. The lowest BCUT2D eigenvalue weighted by Crippen LogP contribution is -2.13. The Balaban J connectivity index is 2.04. The molecule has 0 aromatic heterocycles. The minimum atomic E-state index is -0.275. The monoisotopic (exact) mass is 434 g/mol. The maximum Gasteiger partial charge on any atom is 0.0641 e. The van der Waals surface area contributed by atoms with Crippen LogP contribution in [0.2, 0.25) is 0 Å². The molecule has 0 aliphatic carbocycles. The summed E-state index contributed by atoms with van der Waals surface area (Å²) in [6.07, 6.45) is 24.0. The minimum absolute atomic E-state index is 0.275. The van der Waals surface area contributed by atoms with Crippen molar-refractivity contribution in [1.82, 2.24) is 0 Å². The molecule has 30 heavy (non-hydrogen) atoms. The summed E-state index contributed by atoms with van der Waals surface area (Å²) in [7, 11) is 0. The van der Waals surface area contributed by atoms with Crippen molar-refractivity contribution in [2.24, 2.45) is 0 Å². The molecule has 0 unspecified atom stereocenters. The van der Waals surface area contributed by atoms with E-state index >= 15 is 0 Å². The number of halogens is 1. The van der Waals surface area contributed by atoms with Crippen LogP contribution in [0.5, 0.6) is 0 Å². The second-order valence-corrected chi connectivity index (χ2v) is 11.0. The highest BCUT2D eigenvalue weighted by atomic mass is 35.5.